The molecule has 2 aromatic carbocycles. The Morgan fingerprint density at radius 3 is 1.46 bits per heavy atom. The second-order valence-corrected chi connectivity index (χ2v) is 14.4. The molecule has 0 aromatic heterocycles. The van der Waals surface area contributed by atoms with Gasteiger partial charge in [-0.05, 0) is 59.7 Å². The van der Waals surface area contributed by atoms with Gasteiger partial charge in [0.05, 0.1) is 14.2 Å². The molecule has 0 unspecified atom stereocenters. The van der Waals surface area contributed by atoms with Gasteiger partial charge >= 0.3 is 12.2 Å². The molecule has 2 saturated heterocycles. The number of hydrogen-bond acceptors (Lipinski definition) is 9. The van der Waals surface area contributed by atoms with E-state index in [1.54, 1.807) is 36.2 Å². The fourth-order valence-electron chi connectivity index (χ4n) is 5.02. The molecule has 2 aromatic rings. The molecule has 46 heavy (non-hydrogen) atoms. The van der Waals surface area contributed by atoms with E-state index < -0.39 is 11.2 Å². The summed E-state index contributed by atoms with van der Waals surface area (Å²) in [6.07, 6.45) is -0.474. The second kappa shape index (κ2) is 16.6. The highest BCUT2D eigenvalue weighted by Crippen LogP contribution is 2.26. The van der Waals surface area contributed by atoms with E-state index in [-0.39, 0.29) is 17.9 Å². The minimum absolute atomic E-state index is 0.195. The molecule has 11 nitrogen and oxygen atoms in total. The van der Waals surface area contributed by atoms with Crippen LogP contribution in [0.25, 0.3) is 0 Å². The van der Waals surface area contributed by atoms with Crippen LogP contribution in [0.3, 0.4) is 0 Å². The predicted octanol–water partition coefficient (Wildman–Crippen LogP) is 5.96. The number of halogens is 1. The lowest BCUT2D eigenvalue weighted by molar-refractivity contribution is 0.0129. The first-order valence-electron chi connectivity index (χ1n) is 15.7. The van der Waals surface area contributed by atoms with Gasteiger partial charge in [0, 0.05) is 87.1 Å². The highest BCUT2D eigenvalue weighted by atomic mass is 79.9. The number of nitrogens with zero attached hydrogens (tertiary/aromatic N) is 4. The SMILES string of the molecule is COc1cc(Br)ccc1CN1CCN(C(=O)OC(C)(C)C)CC1.COc1cc(O)ccc1CN1CCN(C(=O)OC(C)(C)C)CC1. The van der Waals surface area contributed by atoms with Crippen LogP contribution in [0, 0.1) is 0 Å². The standard InChI is InChI=1S/C17H25BrN2O3.C17H26N2O4/c1-17(2,3)23-16(21)20-9-7-19(8-10-20)12-13-5-6-14(18)11-15(13)22-4;1-17(2,3)23-16(21)19-9-7-18(8-10-19)12-13-5-6-14(20)11-15(13)22-4/h5-6,11H,7-10,12H2,1-4H3;5-6,11,20H,7-10,12H2,1-4H3. The lowest BCUT2D eigenvalue weighted by Crippen LogP contribution is -2.49. The smallest absolute Gasteiger partial charge is 0.410 e. The summed E-state index contributed by atoms with van der Waals surface area (Å²) in [4.78, 5) is 32.2. The van der Waals surface area contributed by atoms with Crippen molar-refractivity contribution >= 4 is 28.1 Å². The number of hydrogen-bond donors (Lipinski definition) is 1. The van der Waals surface area contributed by atoms with Gasteiger partial charge in [-0.1, -0.05) is 28.1 Å². The van der Waals surface area contributed by atoms with Gasteiger partial charge < -0.3 is 33.9 Å². The predicted molar refractivity (Wildman–Crippen MR) is 182 cm³/mol. The second-order valence-electron chi connectivity index (χ2n) is 13.4. The largest absolute Gasteiger partial charge is 0.508 e. The van der Waals surface area contributed by atoms with Crippen LogP contribution < -0.4 is 9.47 Å². The summed E-state index contributed by atoms with van der Waals surface area (Å²) in [5, 5.41) is 9.51. The molecule has 2 amide bonds. The molecular weight excluding hydrogens is 656 g/mol. The van der Waals surface area contributed by atoms with Gasteiger partial charge in [-0.2, -0.15) is 0 Å². The number of phenolic OH excluding ortho intramolecular Hbond substituents is 1. The van der Waals surface area contributed by atoms with Gasteiger partial charge in [0.25, 0.3) is 0 Å². The molecule has 2 heterocycles. The first kappa shape index (κ1) is 37.2. The Morgan fingerprint density at radius 2 is 1.07 bits per heavy atom. The zero-order chi connectivity index (χ0) is 34.1. The first-order chi connectivity index (χ1) is 21.6. The average Bonchev–Trinajstić information content (AvgIpc) is 2.98. The van der Waals surface area contributed by atoms with Crippen molar-refractivity contribution in [2.24, 2.45) is 0 Å². The van der Waals surface area contributed by atoms with Gasteiger partial charge in [-0.25, -0.2) is 9.59 Å². The molecule has 0 radical (unpaired) electrons. The molecule has 0 atom stereocenters. The molecule has 256 valence electrons. The molecule has 0 saturated carbocycles. The summed E-state index contributed by atoms with van der Waals surface area (Å²) >= 11 is 3.46. The zero-order valence-corrected chi connectivity index (χ0v) is 30.2. The van der Waals surface area contributed by atoms with Crippen molar-refractivity contribution in [3.05, 3.63) is 52.0 Å². The number of carbonyl (C=O) groups is 2. The Kier molecular flexibility index (Phi) is 13.4. The number of methoxy groups -OCH3 is 2. The van der Waals surface area contributed by atoms with Crippen molar-refractivity contribution in [2.75, 3.05) is 66.6 Å². The number of piperazine rings is 2. The van der Waals surface area contributed by atoms with Crippen LogP contribution in [0.1, 0.15) is 52.7 Å². The van der Waals surface area contributed by atoms with Crippen LogP contribution >= 0.6 is 15.9 Å². The number of phenols is 1. The third kappa shape index (κ3) is 12.2. The Hall–Kier alpha value is -3.22. The van der Waals surface area contributed by atoms with Gasteiger partial charge in [-0.15, -0.1) is 0 Å². The molecule has 0 aliphatic carbocycles. The maximum atomic E-state index is 12.1. The van der Waals surface area contributed by atoms with Crippen molar-refractivity contribution in [1.29, 1.82) is 0 Å². The molecular formula is C34H51BrN4O7. The average molecular weight is 708 g/mol. The van der Waals surface area contributed by atoms with Crippen LogP contribution in [-0.4, -0.2) is 115 Å². The van der Waals surface area contributed by atoms with Gasteiger partial charge in [0.1, 0.15) is 28.5 Å². The minimum Gasteiger partial charge on any atom is -0.508 e. The summed E-state index contributed by atoms with van der Waals surface area (Å²) in [7, 11) is 3.28. The molecule has 2 fully saturated rings. The Morgan fingerprint density at radius 1 is 0.674 bits per heavy atom. The van der Waals surface area contributed by atoms with E-state index >= 15 is 0 Å². The normalized spacial score (nSPS) is 16.3. The van der Waals surface area contributed by atoms with Crippen LogP contribution in [0.5, 0.6) is 17.2 Å². The lowest BCUT2D eigenvalue weighted by Gasteiger charge is -2.35. The van der Waals surface area contributed by atoms with E-state index in [1.807, 2.05) is 59.7 Å². The highest BCUT2D eigenvalue weighted by Gasteiger charge is 2.27. The quantitative estimate of drug-likeness (QED) is 0.390. The summed E-state index contributed by atoms with van der Waals surface area (Å²) in [6.45, 7) is 18.7. The molecule has 0 bridgehead atoms. The van der Waals surface area contributed by atoms with E-state index in [0.29, 0.717) is 31.9 Å². The fraction of sp³-hybridized carbons (Fsp3) is 0.588. The molecule has 1 N–H and O–H groups in total. The number of amides is 2. The molecule has 2 aliphatic rings. The fourth-order valence-corrected chi connectivity index (χ4v) is 5.36. The molecule has 12 heteroatoms. The van der Waals surface area contributed by atoms with E-state index in [9.17, 15) is 14.7 Å². The Labute approximate surface area is 282 Å². The number of rotatable bonds is 6. The minimum atomic E-state index is -0.465. The third-order valence-corrected chi connectivity index (χ3v) is 7.85. The Balaban J connectivity index is 0.000000250. The van der Waals surface area contributed by atoms with Crippen molar-refractivity contribution in [2.45, 2.75) is 65.8 Å². The van der Waals surface area contributed by atoms with Crippen molar-refractivity contribution in [1.82, 2.24) is 19.6 Å². The first-order valence-corrected chi connectivity index (χ1v) is 16.4. The molecule has 2 aliphatic heterocycles. The monoisotopic (exact) mass is 706 g/mol. The Bertz CT molecular complexity index is 1200. The third-order valence-electron chi connectivity index (χ3n) is 7.36. The zero-order valence-electron chi connectivity index (χ0n) is 28.6. The van der Waals surface area contributed by atoms with E-state index in [2.05, 4.69) is 31.8 Å². The number of ether oxygens (including phenoxy) is 4. The molecule has 0 spiro atoms. The lowest BCUT2D eigenvalue weighted by atomic mass is 10.1. The van der Waals surface area contributed by atoms with E-state index in [1.165, 1.54) is 0 Å². The van der Waals surface area contributed by atoms with E-state index in [4.69, 9.17) is 18.9 Å². The topological polar surface area (TPSA) is 104 Å². The summed E-state index contributed by atoms with van der Waals surface area (Å²) in [6, 6.07) is 11.2. The number of benzene rings is 2. The highest BCUT2D eigenvalue weighted by molar-refractivity contribution is 9.10. The van der Waals surface area contributed by atoms with Gasteiger partial charge in [0.15, 0.2) is 0 Å². The summed E-state index contributed by atoms with van der Waals surface area (Å²) in [5.41, 5.74) is 1.27. The van der Waals surface area contributed by atoms with Crippen molar-refractivity contribution < 1.29 is 33.6 Å². The maximum Gasteiger partial charge on any atom is 0.410 e. The maximum absolute atomic E-state index is 12.1. The van der Waals surface area contributed by atoms with Crippen molar-refractivity contribution in [3.8, 4) is 17.2 Å². The van der Waals surface area contributed by atoms with Crippen LogP contribution in [0.2, 0.25) is 0 Å². The van der Waals surface area contributed by atoms with E-state index in [0.717, 1.165) is 60.6 Å². The summed E-state index contributed by atoms with van der Waals surface area (Å²) < 4.78 is 22.6. The van der Waals surface area contributed by atoms with Crippen LogP contribution in [0.4, 0.5) is 9.59 Å². The number of carbonyl (C=O) groups excluding carboxylic acids is 2. The summed E-state index contributed by atoms with van der Waals surface area (Å²) in [5.74, 6) is 1.76. The van der Waals surface area contributed by atoms with Crippen molar-refractivity contribution in [3.63, 3.8) is 0 Å². The molecule has 4 rings (SSSR count). The van der Waals surface area contributed by atoms with Gasteiger partial charge in [-0.3, -0.25) is 9.80 Å². The van der Waals surface area contributed by atoms with Crippen LogP contribution in [-0.2, 0) is 22.6 Å². The number of aromatic hydroxyl groups is 1. The van der Waals surface area contributed by atoms with Gasteiger partial charge in [0.2, 0.25) is 0 Å². The van der Waals surface area contributed by atoms with Crippen LogP contribution in [0.15, 0.2) is 40.9 Å².